The van der Waals surface area contributed by atoms with Crippen molar-refractivity contribution in [2.24, 2.45) is 0 Å². The van der Waals surface area contributed by atoms with Gasteiger partial charge in [-0.25, -0.2) is 4.68 Å². The van der Waals surface area contributed by atoms with Gasteiger partial charge in [0, 0.05) is 25.6 Å². The number of nitrogens with zero attached hydrogens (tertiary/aromatic N) is 3. The molecule has 0 unspecified atom stereocenters. The highest BCUT2D eigenvalue weighted by Crippen LogP contribution is 2.22. The molecule has 0 atom stereocenters. The summed E-state index contributed by atoms with van der Waals surface area (Å²) in [4.78, 5) is 25.1. The summed E-state index contributed by atoms with van der Waals surface area (Å²) in [6.45, 7) is 4.24. The van der Waals surface area contributed by atoms with Gasteiger partial charge in [-0.2, -0.15) is 5.10 Å². The number of esters is 1. The van der Waals surface area contributed by atoms with E-state index < -0.39 is 0 Å². The monoisotopic (exact) mass is 363 g/mol. The Balaban J connectivity index is 2.04. The number of aromatic nitrogens is 2. The Hall–Kier alpha value is -2.34. The van der Waals surface area contributed by atoms with Crippen LogP contribution in [0.25, 0.3) is 5.69 Å². The largest absolute Gasteiger partial charge is 0.469 e. The van der Waals surface area contributed by atoms with E-state index in [-0.39, 0.29) is 11.9 Å². The Labute approximate surface area is 152 Å². The molecule has 0 spiro atoms. The summed E-state index contributed by atoms with van der Waals surface area (Å²) >= 11 is 6.18. The fourth-order valence-corrected chi connectivity index (χ4v) is 2.62. The van der Waals surface area contributed by atoms with Crippen molar-refractivity contribution in [1.29, 1.82) is 0 Å². The second-order valence-corrected chi connectivity index (χ2v) is 6.23. The van der Waals surface area contributed by atoms with E-state index in [2.05, 4.69) is 9.84 Å². The van der Waals surface area contributed by atoms with Crippen molar-refractivity contribution >= 4 is 23.5 Å². The van der Waals surface area contributed by atoms with Crippen LogP contribution < -0.4 is 0 Å². The predicted octanol–water partition coefficient (Wildman–Crippen LogP) is 3.17. The van der Waals surface area contributed by atoms with Crippen LogP contribution in [0.4, 0.5) is 0 Å². The number of carbonyl (C=O) groups excluding carboxylic acids is 2. The molecule has 7 heteroatoms. The van der Waals surface area contributed by atoms with E-state index in [0.29, 0.717) is 30.0 Å². The minimum absolute atomic E-state index is 0.0946. The van der Waals surface area contributed by atoms with Gasteiger partial charge in [0.15, 0.2) is 0 Å². The summed E-state index contributed by atoms with van der Waals surface area (Å²) in [5.41, 5.74) is 3.05. The summed E-state index contributed by atoms with van der Waals surface area (Å²) in [5, 5.41) is 5.04. The minimum atomic E-state index is -0.270. The van der Waals surface area contributed by atoms with E-state index in [9.17, 15) is 9.59 Å². The molecule has 2 aromatic rings. The van der Waals surface area contributed by atoms with E-state index in [1.165, 1.54) is 7.11 Å². The lowest BCUT2D eigenvalue weighted by atomic mass is 10.1. The van der Waals surface area contributed by atoms with Crippen LogP contribution in [0.2, 0.25) is 5.02 Å². The number of hydrogen-bond donors (Lipinski definition) is 0. The molecular formula is C18H22ClN3O3. The van der Waals surface area contributed by atoms with Crippen molar-refractivity contribution in [2.75, 3.05) is 20.7 Å². The number of methoxy groups -OCH3 is 1. The van der Waals surface area contributed by atoms with Crippen molar-refractivity contribution in [3.8, 4) is 5.69 Å². The van der Waals surface area contributed by atoms with Crippen molar-refractivity contribution in [3.63, 3.8) is 0 Å². The van der Waals surface area contributed by atoms with Gasteiger partial charge in [-0.3, -0.25) is 9.59 Å². The molecule has 0 fully saturated rings. The van der Waals surface area contributed by atoms with Gasteiger partial charge in [-0.1, -0.05) is 11.6 Å². The number of hydrogen-bond acceptors (Lipinski definition) is 4. The molecule has 2 rings (SSSR count). The van der Waals surface area contributed by atoms with E-state index in [4.69, 9.17) is 11.6 Å². The number of amides is 1. The van der Waals surface area contributed by atoms with Gasteiger partial charge in [-0.05, 0) is 44.5 Å². The van der Waals surface area contributed by atoms with Gasteiger partial charge in [0.05, 0.1) is 29.2 Å². The van der Waals surface area contributed by atoms with Crippen LogP contribution in [0.15, 0.2) is 24.3 Å². The molecular weight excluding hydrogens is 342 g/mol. The first-order chi connectivity index (χ1) is 11.8. The molecule has 1 heterocycles. The normalized spacial score (nSPS) is 10.6. The average molecular weight is 364 g/mol. The Morgan fingerprint density at radius 3 is 2.40 bits per heavy atom. The van der Waals surface area contributed by atoms with E-state index in [1.807, 2.05) is 26.0 Å². The Kier molecular flexibility index (Phi) is 6.20. The second-order valence-electron chi connectivity index (χ2n) is 5.85. The molecule has 1 aromatic carbocycles. The maximum absolute atomic E-state index is 12.4. The van der Waals surface area contributed by atoms with Gasteiger partial charge < -0.3 is 9.64 Å². The number of benzene rings is 1. The van der Waals surface area contributed by atoms with Crippen molar-refractivity contribution in [1.82, 2.24) is 14.7 Å². The van der Waals surface area contributed by atoms with Gasteiger partial charge in [0.2, 0.25) is 0 Å². The van der Waals surface area contributed by atoms with Crippen LogP contribution >= 0.6 is 11.6 Å². The maximum Gasteiger partial charge on any atom is 0.305 e. The van der Waals surface area contributed by atoms with Crippen LogP contribution in [0.1, 0.15) is 34.6 Å². The van der Waals surface area contributed by atoms with Crippen LogP contribution in [0.5, 0.6) is 0 Å². The lowest BCUT2D eigenvalue weighted by molar-refractivity contribution is -0.140. The number of ether oxygens (including phenoxy) is 1. The molecule has 0 bridgehead atoms. The van der Waals surface area contributed by atoms with E-state index in [0.717, 1.165) is 17.1 Å². The Morgan fingerprint density at radius 2 is 1.88 bits per heavy atom. The lowest BCUT2D eigenvalue weighted by Gasteiger charge is -2.17. The zero-order valence-electron chi connectivity index (χ0n) is 14.9. The van der Waals surface area contributed by atoms with Crippen LogP contribution in [0.3, 0.4) is 0 Å². The zero-order chi connectivity index (χ0) is 18.6. The quantitative estimate of drug-likeness (QED) is 0.739. The third-order valence-corrected chi connectivity index (χ3v) is 4.56. The number of rotatable bonds is 6. The summed E-state index contributed by atoms with van der Waals surface area (Å²) < 4.78 is 6.35. The molecule has 1 aromatic heterocycles. The molecule has 0 N–H and O–H groups in total. The number of halogens is 1. The summed E-state index contributed by atoms with van der Waals surface area (Å²) in [7, 11) is 3.07. The van der Waals surface area contributed by atoms with Gasteiger partial charge in [-0.15, -0.1) is 0 Å². The zero-order valence-corrected chi connectivity index (χ0v) is 15.6. The summed E-state index contributed by atoms with van der Waals surface area (Å²) in [6, 6.07) is 7.20. The lowest BCUT2D eigenvalue weighted by Crippen LogP contribution is -2.28. The fraction of sp³-hybridized carbons (Fsp3) is 0.389. The highest BCUT2D eigenvalue weighted by molar-refractivity contribution is 6.31. The Bertz CT molecular complexity index is 769. The molecule has 0 aliphatic carbocycles. The first-order valence-electron chi connectivity index (χ1n) is 7.99. The third kappa shape index (κ3) is 4.39. The van der Waals surface area contributed by atoms with Crippen molar-refractivity contribution in [3.05, 3.63) is 46.2 Å². The fourth-order valence-electron chi connectivity index (χ4n) is 2.50. The van der Waals surface area contributed by atoms with Gasteiger partial charge in [0.25, 0.3) is 5.91 Å². The van der Waals surface area contributed by atoms with Gasteiger partial charge in [0.1, 0.15) is 0 Å². The van der Waals surface area contributed by atoms with Crippen molar-refractivity contribution in [2.45, 2.75) is 26.7 Å². The molecule has 0 saturated heterocycles. The minimum Gasteiger partial charge on any atom is -0.469 e. The summed E-state index contributed by atoms with van der Waals surface area (Å²) in [5.74, 6) is -0.364. The molecule has 6 nitrogen and oxygen atoms in total. The van der Waals surface area contributed by atoms with Gasteiger partial charge >= 0.3 is 5.97 Å². The highest BCUT2D eigenvalue weighted by Gasteiger charge is 2.14. The second kappa shape index (κ2) is 8.16. The Morgan fingerprint density at radius 1 is 1.24 bits per heavy atom. The summed E-state index contributed by atoms with van der Waals surface area (Å²) in [6.07, 6.45) is 0.864. The topological polar surface area (TPSA) is 64.4 Å². The standard InChI is InChI=1S/C18H22ClN3O3/c1-12-17(19)13(2)22(20-12)15-9-7-14(8-10-15)18(24)21(3)11-5-6-16(23)25-4/h7-10H,5-6,11H2,1-4H3. The third-order valence-electron chi connectivity index (χ3n) is 4.01. The van der Waals surface area contributed by atoms with E-state index in [1.54, 1.807) is 28.8 Å². The highest BCUT2D eigenvalue weighted by atomic mass is 35.5. The first-order valence-corrected chi connectivity index (χ1v) is 8.37. The maximum atomic E-state index is 12.4. The van der Waals surface area contributed by atoms with Crippen LogP contribution in [-0.4, -0.2) is 47.3 Å². The van der Waals surface area contributed by atoms with E-state index >= 15 is 0 Å². The SMILES string of the molecule is COC(=O)CCCN(C)C(=O)c1ccc(-n2nc(C)c(Cl)c2C)cc1. The number of carbonyl (C=O) groups is 2. The average Bonchev–Trinajstić information content (AvgIpc) is 2.88. The molecule has 0 saturated carbocycles. The molecule has 0 radical (unpaired) electrons. The molecule has 1 amide bonds. The molecule has 25 heavy (non-hydrogen) atoms. The van der Waals surface area contributed by atoms with Crippen molar-refractivity contribution < 1.29 is 14.3 Å². The first kappa shape index (κ1) is 19.0. The molecule has 134 valence electrons. The van der Waals surface area contributed by atoms with Crippen LogP contribution in [-0.2, 0) is 9.53 Å². The smallest absolute Gasteiger partial charge is 0.305 e. The number of aryl methyl sites for hydroxylation is 1. The molecule has 0 aliphatic rings. The predicted molar refractivity (Wildman–Crippen MR) is 96.3 cm³/mol. The molecule has 0 aliphatic heterocycles. The van der Waals surface area contributed by atoms with Crippen LogP contribution in [0, 0.1) is 13.8 Å².